The second-order valence-electron chi connectivity index (χ2n) is 6.96. The maximum absolute atomic E-state index is 13.0. The van der Waals surface area contributed by atoms with Crippen molar-refractivity contribution in [1.29, 1.82) is 0 Å². The number of hydrogen-bond acceptors (Lipinski definition) is 5. The number of carbonyl (C=O) groups is 1. The molecule has 0 aliphatic carbocycles. The molecule has 27 heavy (non-hydrogen) atoms. The average Bonchev–Trinajstić information content (AvgIpc) is 2.94. The van der Waals surface area contributed by atoms with Crippen LogP contribution in [0.4, 0.5) is 0 Å². The zero-order valence-electron chi connectivity index (χ0n) is 15.3. The molecule has 2 aliphatic rings. The maximum Gasteiger partial charge on any atom is 0.339 e. The molecule has 2 heterocycles. The summed E-state index contributed by atoms with van der Waals surface area (Å²) >= 11 is 0. The van der Waals surface area contributed by atoms with Gasteiger partial charge in [-0.25, -0.2) is 13.2 Å². The highest BCUT2D eigenvalue weighted by Gasteiger charge is 2.48. The van der Waals surface area contributed by atoms with Gasteiger partial charge in [-0.05, 0) is 36.8 Å². The van der Waals surface area contributed by atoms with Crippen LogP contribution < -0.4 is 4.74 Å². The first-order valence-corrected chi connectivity index (χ1v) is 10.3. The smallest absolute Gasteiger partial charge is 0.339 e. The topological polar surface area (TPSA) is 72.9 Å². The Morgan fingerprint density at radius 2 is 1.81 bits per heavy atom. The lowest BCUT2D eigenvalue weighted by atomic mass is 9.84. The molecule has 0 radical (unpaired) electrons. The third-order valence-electron chi connectivity index (χ3n) is 5.46. The van der Waals surface area contributed by atoms with Crippen LogP contribution >= 0.6 is 0 Å². The van der Waals surface area contributed by atoms with Gasteiger partial charge in [-0.3, -0.25) is 0 Å². The van der Waals surface area contributed by atoms with Crippen LogP contribution in [0.2, 0.25) is 0 Å². The van der Waals surface area contributed by atoms with E-state index in [1.54, 1.807) is 31.4 Å². The van der Waals surface area contributed by atoms with Crippen LogP contribution in [0.25, 0.3) is 0 Å². The molecular formula is C20H21NO5S. The fraction of sp³-hybridized carbons (Fsp3) is 0.350. The van der Waals surface area contributed by atoms with Crippen molar-refractivity contribution in [2.24, 2.45) is 0 Å². The van der Waals surface area contributed by atoms with Crippen molar-refractivity contribution in [3.8, 4) is 5.75 Å². The summed E-state index contributed by atoms with van der Waals surface area (Å²) in [7, 11) is -2.05. The number of fused-ring (bicyclic) bond motifs is 2. The molecule has 6 nitrogen and oxygen atoms in total. The van der Waals surface area contributed by atoms with E-state index in [9.17, 15) is 13.2 Å². The number of esters is 1. The molecule has 2 aromatic rings. The minimum absolute atomic E-state index is 0.251. The number of sulfonamides is 1. The number of nitrogens with zero attached hydrogens (tertiary/aromatic N) is 1. The predicted octanol–water partition coefficient (Wildman–Crippen LogP) is 2.85. The van der Waals surface area contributed by atoms with Gasteiger partial charge in [0.25, 0.3) is 0 Å². The van der Waals surface area contributed by atoms with Gasteiger partial charge in [-0.2, -0.15) is 4.31 Å². The van der Waals surface area contributed by atoms with E-state index in [1.165, 1.54) is 4.31 Å². The fourth-order valence-corrected chi connectivity index (χ4v) is 5.49. The molecule has 0 bridgehead atoms. The number of piperidine rings is 1. The summed E-state index contributed by atoms with van der Waals surface area (Å²) in [6.07, 6.45) is 0.897. The SMILES string of the molecule is COc1ccc(S(=O)(=O)N2CCC3(CC2)OC(=O)c2ccccc23)cc1C. The minimum atomic E-state index is -3.61. The highest BCUT2D eigenvalue weighted by atomic mass is 32.2. The lowest BCUT2D eigenvalue weighted by Gasteiger charge is -2.37. The first-order chi connectivity index (χ1) is 12.9. The normalized spacial score (nSPS) is 19.0. The Bertz CT molecular complexity index is 1010. The van der Waals surface area contributed by atoms with E-state index in [2.05, 4.69) is 0 Å². The molecule has 0 unspecified atom stereocenters. The summed E-state index contributed by atoms with van der Waals surface area (Å²) in [5.41, 5.74) is 1.51. The van der Waals surface area contributed by atoms with Crippen LogP contribution in [0.15, 0.2) is 47.4 Å². The number of carbonyl (C=O) groups excluding carboxylic acids is 1. The molecule has 142 valence electrons. The molecule has 0 aromatic heterocycles. The third-order valence-corrected chi connectivity index (χ3v) is 7.35. The standard InChI is InChI=1S/C20H21NO5S/c1-14-13-15(7-8-18(14)25-2)27(23,24)21-11-9-20(10-12-21)17-6-4-3-5-16(17)19(22)26-20/h3-8,13H,9-12H2,1-2H3. The van der Waals surface area contributed by atoms with E-state index in [0.717, 1.165) is 11.1 Å². The van der Waals surface area contributed by atoms with Crippen LogP contribution in [-0.4, -0.2) is 38.9 Å². The number of methoxy groups -OCH3 is 1. The monoisotopic (exact) mass is 387 g/mol. The number of ether oxygens (including phenoxy) is 2. The summed E-state index contributed by atoms with van der Waals surface area (Å²) in [5, 5.41) is 0. The molecule has 0 N–H and O–H groups in total. The van der Waals surface area contributed by atoms with Gasteiger partial charge >= 0.3 is 5.97 Å². The van der Waals surface area contributed by atoms with Crippen molar-refractivity contribution in [1.82, 2.24) is 4.31 Å². The van der Waals surface area contributed by atoms with Gasteiger partial charge in [-0.1, -0.05) is 18.2 Å². The van der Waals surface area contributed by atoms with Gasteiger partial charge in [0.1, 0.15) is 11.4 Å². The van der Waals surface area contributed by atoms with E-state index in [0.29, 0.717) is 37.2 Å². The molecule has 1 spiro atoms. The Hall–Kier alpha value is -2.38. The van der Waals surface area contributed by atoms with Gasteiger partial charge < -0.3 is 9.47 Å². The Kier molecular flexibility index (Phi) is 4.24. The third kappa shape index (κ3) is 2.82. The highest BCUT2D eigenvalue weighted by molar-refractivity contribution is 7.89. The predicted molar refractivity (Wildman–Crippen MR) is 99.3 cm³/mol. The van der Waals surface area contributed by atoms with E-state index in [-0.39, 0.29) is 10.9 Å². The maximum atomic E-state index is 13.0. The lowest BCUT2D eigenvalue weighted by molar-refractivity contribution is -0.0329. The highest BCUT2D eigenvalue weighted by Crippen LogP contribution is 2.44. The zero-order valence-corrected chi connectivity index (χ0v) is 16.1. The molecule has 0 amide bonds. The minimum Gasteiger partial charge on any atom is -0.496 e. The molecule has 1 fully saturated rings. The molecule has 2 aromatic carbocycles. The van der Waals surface area contributed by atoms with Crippen molar-refractivity contribution >= 4 is 16.0 Å². The van der Waals surface area contributed by atoms with Crippen molar-refractivity contribution in [2.75, 3.05) is 20.2 Å². The number of benzene rings is 2. The summed E-state index contributed by atoms with van der Waals surface area (Å²) < 4.78 is 38.4. The van der Waals surface area contributed by atoms with E-state index >= 15 is 0 Å². The van der Waals surface area contributed by atoms with Crippen molar-refractivity contribution in [2.45, 2.75) is 30.3 Å². The second kappa shape index (κ2) is 6.35. The molecular weight excluding hydrogens is 366 g/mol. The second-order valence-corrected chi connectivity index (χ2v) is 8.90. The Morgan fingerprint density at radius 1 is 1.11 bits per heavy atom. The van der Waals surface area contributed by atoms with Crippen molar-refractivity contribution in [3.05, 3.63) is 59.2 Å². The van der Waals surface area contributed by atoms with Gasteiger partial charge in [-0.15, -0.1) is 0 Å². The molecule has 4 rings (SSSR count). The Morgan fingerprint density at radius 3 is 2.48 bits per heavy atom. The largest absolute Gasteiger partial charge is 0.496 e. The number of rotatable bonds is 3. The van der Waals surface area contributed by atoms with Gasteiger partial charge in [0.05, 0.1) is 17.6 Å². The van der Waals surface area contributed by atoms with Crippen LogP contribution in [0, 0.1) is 6.92 Å². The van der Waals surface area contributed by atoms with Crippen molar-refractivity contribution in [3.63, 3.8) is 0 Å². The fourth-order valence-electron chi connectivity index (χ4n) is 3.97. The van der Waals surface area contributed by atoms with Crippen LogP contribution in [0.5, 0.6) is 5.75 Å². The number of hydrogen-bond donors (Lipinski definition) is 0. The van der Waals surface area contributed by atoms with Crippen LogP contribution in [-0.2, 0) is 20.4 Å². The summed E-state index contributed by atoms with van der Waals surface area (Å²) in [6.45, 7) is 2.42. The van der Waals surface area contributed by atoms with Gasteiger partial charge in [0, 0.05) is 31.5 Å². The molecule has 0 atom stereocenters. The molecule has 1 saturated heterocycles. The lowest BCUT2D eigenvalue weighted by Crippen LogP contribution is -2.45. The van der Waals surface area contributed by atoms with E-state index in [4.69, 9.17) is 9.47 Å². The summed E-state index contributed by atoms with van der Waals surface area (Å²) in [6, 6.07) is 12.2. The Labute approximate surface area is 158 Å². The molecule has 2 aliphatic heterocycles. The molecule has 7 heteroatoms. The summed E-state index contributed by atoms with van der Waals surface area (Å²) in [5.74, 6) is 0.328. The first kappa shape index (κ1) is 18.0. The van der Waals surface area contributed by atoms with E-state index in [1.807, 2.05) is 25.1 Å². The zero-order chi connectivity index (χ0) is 19.2. The molecule has 0 saturated carbocycles. The van der Waals surface area contributed by atoms with Crippen molar-refractivity contribution < 1.29 is 22.7 Å². The van der Waals surface area contributed by atoms with Crippen LogP contribution in [0.1, 0.15) is 34.3 Å². The number of aryl methyl sites for hydroxylation is 1. The summed E-state index contributed by atoms with van der Waals surface area (Å²) in [4.78, 5) is 12.4. The quantitative estimate of drug-likeness (QED) is 0.757. The Balaban J connectivity index is 1.58. The average molecular weight is 387 g/mol. The van der Waals surface area contributed by atoms with Gasteiger partial charge in [0.2, 0.25) is 10.0 Å². The first-order valence-electron chi connectivity index (χ1n) is 8.85. The van der Waals surface area contributed by atoms with E-state index < -0.39 is 15.6 Å². The van der Waals surface area contributed by atoms with Crippen LogP contribution in [0.3, 0.4) is 0 Å². The van der Waals surface area contributed by atoms with Gasteiger partial charge in [0.15, 0.2) is 0 Å².